The molecule has 0 aromatic heterocycles. The van der Waals surface area contributed by atoms with E-state index in [0.717, 1.165) is 4.90 Å². The van der Waals surface area contributed by atoms with Crippen LogP contribution in [0.1, 0.15) is 20.8 Å². The van der Waals surface area contributed by atoms with E-state index in [1.807, 2.05) is 0 Å². The number of primary amides is 1. The molecule has 1 unspecified atom stereocenters. The number of fused-ring (bicyclic) bond motifs is 1. The molecule has 0 saturated carbocycles. The second kappa shape index (κ2) is 6.64. The lowest BCUT2D eigenvalue weighted by Crippen LogP contribution is -2.71. The highest BCUT2D eigenvalue weighted by Crippen LogP contribution is 2.40. The van der Waals surface area contributed by atoms with Gasteiger partial charge in [0.05, 0.1) is 5.57 Å². The lowest BCUT2D eigenvalue weighted by atomic mass is 10.0. The van der Waals surface area contributed by atoms with Crippen LogP contribution in [-0.2, 0) is 23.9 Å². The molecule has 8 nitrogen and oxygen atoms in total. The van der Waals surface area contributed by atoms with Crippen molar-refractivity contribution < 1.29 is 23.9 Å². The molecule has 3 amide bonds. The Labute approximate surface area is 148 Å². The van der Waals surface area contributed by atoms with Gasteiger partial charge in [0.2, 0.25) is 11.8 Å². The molecule has 0 aromatic rings. The van der Waals surface area contributed by atoms with Gasteiger partial charge >= 0.3 is 5.97 Å². The highest BCUT2D eigenvalue weighted by molar-refractivity contribution is 8.00. The van der Waals surface area contributed by atoms with Gasteiger partial charge < -0.3 is 15.8 Å². The number of esters is 1. The Morgan fingerprint density at radius 2 is 2.04 bits per heavy atom. The van der Waals surface area contributed by atoms with Crippen molar-refractivity contribution in [2.75, 3.05) is 11.6 Å². The third kappa shape index (κ3) is 3.51. The molecule has 0 aromatic carbocycles. The molecule has 2 rings (SSSR count). The van der Waals surface area contributed by atoms with Crippen molar-refractivity contribution in [2.45, 2.75) is 37.8 Å². The van der Waals surface area contributed by atoms with Crippen molar-refractivity contribution in [3.63, 3.8) is 0 Å². The molecule has 24 heavy (non-hydrogen) atoms. The van der Waals surface area contributed by atoms with Crippen molar-refractivity contribution in [3.8, 4) is 0 Å². The first-order chi connectivity index (χ1) is 11.1. The van der Waals surface area contributed by atoms with E-state index in [0.29, 0.717) is 0 Å². The van der Waals surface area contributed by atoms with Crippen molar-refractivity contribution in [3.05, 3.63) is 11.3 Å². The van der Waals surface area contributed by atoms with E-state index in [2.05, 4.69) is 5.32 Å². The molecule has 2 aliphatic rings. The fourth-order valence-electron chi connectivity index (χ4n) is 2.34. The summed E-state index contributed by atoms with van der Waals surface area (Å²) in [6, 6.07) is -0.798. The Bertz CT molecular complexity index is 643. The summed E-state index contributed by atoms with van der Waals surface area (Å²) in [5, 5.41) is 1.99. The van der Waals surface area contributed by atoms with Gasteiger partial charge in [0.25, 0.3) is 5.91 Å². The van der Waals surface area contributed by atoms with Gasteiger partial charge in [0, 0.05) is 5.75 Å². The Kier molecular flexibility index (Phi) is 5.14. The average Bonchev–Trinajstić information content (AvgIpc) is 2.48. The summed E-state index contributed by atoms with van der Waals surface area (Å²) in [5.74, 6) is -2.71. The topological polar surface area (TPSA) is 119 Å². The monoisotopic (exact) mass is 375 g/mol. The molecule has 1 saturated heterocycles. The average molecular weight is 376 g/mol. The third-order valence-electron chi connectivity index (χ3n) is 3.30. The zero-order valence-electron chi connectivity index (χ0n) is 13.4. The van der Waals surface area contributed by atoms with E-state index < -0.39 is 40.7 Å². The SMILES string of the molecule is CC(C)(C)OC(=O)C1=C(C(N)=O)CS[C@H]2C(NC(=O)CCl)C(=O)N12. The van der Waals surface area contributed by atoms with Crippen LogP contribution in [-0.4, -0.2) is 57.2 Å². The van der Waals surface area contributed by atoms with Gasteiger partial charge in [-0.05, 0) is 20.8 Å². The highest BCUT2D eigenvalue weighted by Gasteiger charge is 2.55. The van der Waals surface area contributed by atoms with Crippen LogP contribution >= 0.6 is 23.4 Å². The minimum absolute atomic E-state index is 0.0287. The molecule has 3 N–H and O–H groups in total. The standard InChI is InChI=1S/C14H18ClN3O5S/c1-14(2,3)23-13(22)9-6(10(16)20)5-24-12-8(11(21)18(9)12)17-7(19)4-15/h8,12H,4-5H2,1-3H3,(H2,16,20)(H,17,19)/t8?,12-/m0/s1. The summed E-state index contributed by atoms with van der Waals surface area (Å²) in [7, 11) is 0. The Balaban J connectivity index is 2.31. The van der Waals surface area contributed by atoms with Crippen molar-refractivity contribution in [1.82, 2.24) is 10.2 Å². The molecule has 132 valence electrons. The van der Waals surface area contributed by atoms with Crippen LogP contribution in [0.5, 0.6) is 0 Å². The number of rotatable bonds is 4. The zero-order valence-corrected chi connectivity index (χ0v) is 15.0. The minimum atomic E-state index is -0.799. The molecular weight excluding hydrogens is 358 g/mol. The van der Waals surface area contributed by atoms with Crippen LogP contribution in [0, 0.1) is 0 Å². The fourth-order valence-corrected chi connectivity index (χ4v) is 3.76. The maximum Gasteiger partial charge on any atom is 0.356 e. The van der Waals surface area contributed by atoms with Crippen molar-refractivity contribution in [1.29, 1.82) is 0 Å². The number of β-lactam (4-membered cyclic amide) rings is 1. The maximum atomic E-state index is 12.4. The number of hydrogen-bond donors (Lipinski definition) is 2. The summed E-state index contributed by atoms with van der Waals surface area (Å²) < 4.78 is 5.28. The maximum absolute atomic E-state index is 12.4. The van der Waals surface area contributed by atoms with Crippen LogP contribution < -0.4 is 11.1 Å². The number of amides is 3. The largest absolute Gasteiger partial charge is 0.455 e. The summed E-state index contributed by atoms with van der Waals surface area (Å²) in [6.45, 7) is 5.02. The Morgan fingerprint density at radius 1 is 1.42 bits per heavy atom. The summed E-state index contributed by atoms with van der Waals surface area (Å²) in [5.41, 5.74) is 4.41. The quantitative estimate of drug-likeness (QED) is 0.396. The third-order valence-corrected chi connectivity index (χ3v) is 4.82. The van der Waals surface area contributed by atoms with Gasteiger partial charge in [0.1, 0.15) is 28.6 Å². The van der Waals surface area contributed by atoms with E-state index in [1.54, 1.807) is 20.8 Å². The molecule has 0 spiro atoms. The first kappa shape index (κ1) is 18.6. The normalized spacial score (nSPS) is 23.3. The second-order valence-electron chi connectivity index (χ2n) is 6.28. The fraction of sp³-hybridized carbons (Fsp3) is 0.571. The van der Waals surface area contributed by atoms with E-state index in [4.69, 9.17) is 22.1 Å². The van der Waals surface area contributed by atoms with Gasteiger partial charge in [-0.1, -0.05) is 0 Å². The van der Waals surface area contributed by atoms with Gasteiger partial charge in [-0.2, -0.15) is 0 Å². The number of nitrogens with one attached hydrogen (secondary N) is 1. The highest BCUT2D eigenvalue weighted by atomic mass is 35.5. The number of carbonyl (C=O) groups is 4. The number of alkyl halides is 1. The number of ether oxygens (including phenoxy) is 1. The summed E-state index contributed by atoms with van der Waals surface area (Å²) in [6.07, 6.45) is 0. The predicted molar refractivity (Wildman–Crippen MR) is 87.8 cm³/mol. The molecule has 0 aliphatic carbocycles. The van der Waals surface area contributed by atoms with E-state index in [1.165, 1.54) is 11.8 Å². The van der Waals surface area contributed by atoms with E-state index >= 15 is 0 Å². The molecular formula is C14H18ClN3O5S. The van der Waals surface area contributed by atoms with E-state index in [-0.39, 0.29) is 22.9 Å². The summed E-state index contributed by atoms with van der Waals surface area (Å²) in [4.78, 5) is 49.0. The number of nitrogens with two attached hydrogens (primary N) is 1. The molecule has 0 radical (unpaired) electrons. The molecule has 2 aliphatic heterocycles. The van der Waals surface area contributed by atoms with Crippen LogP contribution in [0.4, 0.5) is 0 Å². The van der Waals surface area contributed by atoms with Crippen LogP contribution in [0.3, 0.4) is 0 Å². The zero-order chi connectivity index (χ0) is 18.2. The Morgan fingerprint density at radius 3 is 2.54 bits per heavy atom. The van der Waals surface area contributed by atoms with Gasteiger partial charge in [-0.3, -0.25) is 19.3 Å². The number of nitrogens with zero attached hydrogens (tertiary/aromatic N) is 1. The van der Waals surface area contributed by atoms with Crippen LogP contribution in [0.25, 0.3) is 0 Å². The lowest BCUT2D eigenvalue weighted by molar-refractivity contribution is -0.159. The smallest absolute Gasteiger partial charge is 0.356 e. The van der Waals surface area contributed by atoms with Crippen LogP contribution in [0.15, 0.2) is 11.3 Å². The molecule has 2 atom stereocenters. The van der Waals surface area contributed by atoms with E-state index in [9.17, 15) is 19.2 Å². The van der Waals surface area contributed by atoms with Gasteiger partial charge in [-0.15, -0.1) is 23.4 Å². The van der Waals surface area contributed by atoms with Crippen molar-refractivity contribution in [2.24, 2.45) is 5.73 Å². The predicted octanol–water partition coefficient (Wildman–Crippen LogP) is -0.294. The number of thioether (sulfide) groups is 1. The summed E-state index contributed by atoms with van der Waals surface area (Å²) >= 11 is 6.66. The Hall–Kier alpha value is -1.74. The number of carbonyl (C=O) groups excluding carboxylic acids is 4. The van der Waals surface area contributed by atoms with Crippen molar-refractivity contribution >= 4 is 47.1 Å². The molecule has 1 fully saturated rings. The molecule has 10 heteroatoms. The molecule has 2 heterocycles. The first-order valence-electron chi connectivity index (χ1n) is 7.13. The lowest BCUT2D eigenvalue weighted by Gasteiger charge is -2.49. The minimum Gasteiger partial charge on any atom is -0.455 e. The number of hydrogen-bond acceptors (Lipinski definition) is 6. The van der Waals surface area contributed by atoms with Gasteiger partial charge in [0.15, 0.2) is 0 Å². The molecule has 0 bridgehead atoms. The van der Waals surface area contributed by atoms with Gasteiger partial charge in [-0.25, -0.2) is 4.79 Å². The number of halogens is 1. The first-order valence-corrected chi connectivity index (χ1v) is 8.71. The van der Waals surface area contributed by atoms with Crippen LogP contribution in [0.2, 0.25) is 0 Å². The second-order valence-corrected chi connectivity index (χ2v) is 7.65.